The van der Waals surface area contributed by atoms with Gasteiger partial charge in [-0.1, -0.05) is 0 Å². The van der Waals surface area contributed by atoms with Crippen LogP contribution in [0.15, 0.2) is 24.8 Å². The smallest absolute Gasteiger partial charge is 0.157 e. The Bertz CT molecular complexity index is 1180. The fraction of sp³-hybridized carbons (Fsp3) is 0.222. The van der Waals surface area contributed by atoms with E-state index in [1.165, 1.54) is 0 Å². The van der Waals surface area contributed by atoms with Crippen LogP contribution in [0.5, 0.6) is 0 Å². The summed E-state index contributed by atoms with van der Waals surface area (Å²) in [7, 11) is 1.79. The number of anilines is 1. The number of aromatic nitrogens is 5. The summed E-state index contributed by atoms with van der Waals surface area (Å²) in [4.78, 5) is 8.83. The molecule has 130 valence electrons. The highest BCUT2D eigenvalue weighted by Crippen LogP contribution is 2.37. The molecule has 1 aromatic carbocycles. The molecule has 0 saturated heterocycles. The van der Waals surface area contributed by atoms with Crippen LogP contribution in [0.2, 0.25) is 0 Å². The summed E-state index contributed by atoms with van der Waals surface area (Å²) in [5.74, 6) is -0.277. The van der Waals surface area contributed by atoms with Gasteiger partial charge in [-0.3, -0.25) is 10.1 Å². The average molecular weight is 349 g/mol. The van der Waals surface area contributed by atoms with Gasteiger partial charge in [-0.25, -0.2) is 9.37 Å². The summed E-state index contributed by atoms with van der Waals surface area (Å²) in [6.45, 7) is 3.37. The van der Waals surface area contributed by atoms with Gasteiger partial charge >= 0.3 is 0 Å². The van der Waals surface area contributed by atoms with Crippen LogP contribution in [0.25, 0.3) is 27.8 Å². The number of nitriles is 1. The minimum atomic E-state index is -0.590. The predicted octanol–water partition coefficient (Wildman–Crippen LogP) is 3.39. The van der Waals surface area contributed by atoms with Crippen molar-refractivity contribution in [3.05, 3.63) is 41.7 Å². The number of nitrogens with zero attached hydrogens (tertiary/aromatic N) is 5. The first-order chi connectivity index (χ1) is 12.5. The maximum Gasteiger partial charge on any atom is 0.157 e. The van der Waals surface area contributed by atoms with E-state index in [9.17, 15) is 5.26 Å². The van der Waals surface area contributed by atoms with Crippen molar-refractivity contribution in [2.24, 2.45) is 0 Å². The van der Waals surface area contributed by atoms with Gasteiger partial charge < -0.3 is 9.72 Å². The number of nitrogens with one attached hydrogen (secondary N) is 2. The monoisotopic (exact) mass is 349 g/mol. The van der Waals surface area contributed by atoms with Crippen LogP contribution in [0.1, 0.15) is 24.0 Å². The average Bonchev–Trinajstić information content (AvgIpc) is 3.28. The van der Waals surface area contributed by atoms with Gasteiger partial charge in [0, 0.05) is 29.8 Å². The fourth-order valence-corrected chi connectivity index (χ4v) is 3.25. The van der Waals surface area contributed by atoms with E-state index in [1.807, 2.05) is 16.8 Å². The molecule has 7 nitrogen and oxygen atoms in total. The molecule has 4 aromatic rings. The lowest BCUT2D eigenvalue weighted by Gasteiger charge is -2.14. The molecule has 4 rings (SSSR count). The molecular weight excluding hydrogens is 333 g/mol. The van der Waals surface area contributed by atoms with Gasteiger partial charge in [-0.2, -0.15) is 10.4 Å². The van der Waals surface area contributed by atoms with Crippen LogP contribution in [0.3, 0.4) is 0 Å². The third-order valence-electron chi connectivity index (χ3n) is 4.60. The summed E-state index contributed by atoms with van der Waals surface area (Å²) in [5.41, 5.74) is 3.26. The van der Waals surface area contributed by atoms with Crippen molar-refractivity contribution in [1.82, 2.24) is 24.6 Å². The number of rotatable bonds is 3. The Morgan fingerprint density at radius 3 is 2.88 bits per heavy atom. The van der Waals surface area contributed by atoms with Crippen molar-refractivity contribution in [3.63, 3.8) is 0 Å². The number of hydrogen-bond donors (Lipinski definition) is 2. The number of imidazole rings is 1. The number of halogens is 1. The molecule has 8 heteroatoms. The molecule has 1 unspecified atom stereocenters. The molecular formula is C18H16FN7. The molecule has 1 atom stereocenters. The van der Waals surface area contributed by atoms with Gasteiger partial charge in [0.25, 0.3) is 0 Å². The molecule has 3 aromatic heterocycles. The van der Waals surface area contributed by atoms with E-state index in [-0.39, 0.29) is 0 Å². The lowest BCUT2D eigenvalue weighted by Crippen LogP contribution is -2.03. The molecule has 3 heterocycles. The Labute approximate surface area is 148 Å². The van der Waals surface area contributed by atoms with Crippen LogP contribution >= 0.6 is 0 Å². The number of aromatic amines is 1. The van der Waals surface area contributed by atoms with Crippen molar-refractivity contribution < 1.29 is 4.39 Å². The summed E-state index contributed by atoms with van der Waals surface area (Å²) < 4.78 is 16.9. The number of benzene rings is 1. The quantitative estimate of drug-likeness (QED) is 0.591. The maximum absolute atomic E-state index is 15.1. The number of hydrogen-bond acceptors (Lipinski definition) is 5. The zero-order valence-electron chi connectivity index (χ0n) is 14.5. The first-order valence-corrected chi connectivity index (χ1v) is 8.12. The Morgan fingerprint density at radius 1 is 1.35 bits per heavy atom. The molecule has 2 N–H and O–H groups in total. The van der Waals surface area contributed by atoms with Gasteiger partial charge in [0.2, 0.25) is 0 Å². The second-order valence-electron chi connectivity index (χ2n) is 6.15. The first-order valence-electron chi connectivity index (χ1n) is 8.12. The van der Waals surface area contributed by atoms with Crippen LogP contribution in [0.4, 0.5) is 10.2 Å². The topological polar surface area (TPSA) is 94.7 Å². The largest absolute Gasteiger partial charge is 0.372 e. The highest BCUT2D eigenvalue weighted by Gasteiger charge is 2.23. The Hall–Kier alpha value is -3.47. The van der Waals surface area contributed by atoms with Crippen LogP contribution < -0.4 is 5.32 Å². The van der Waals surface area contributed by atoms with Gasteiger partial charge in [-0.05, 0) is 19.4 Å². The van der Waals surface area contributed by atoms with Crippen molar-refractivity contribution in [2.75, 3.05) is 12.4 Å². The second-order valence-corrected chi connectivity index (χ2v) is 6.15. The molecule has 0 aliphatic rings. The number of H-pyrrole nitrogens is 1. The minimum Gasteiger partial charge on any atom is -0.372 e. The molecule has 0 bridgehead atoms. The maximum atomic E-state index is 15.1. The zero-order valence-corrected chi connectivity index (χ0v) is 14.5. The molecule has 0 fully saturated rings. The SMILES string of the molecule is CNc1cn2cc(-c3c(C)c(F)c(C(C)C#N)c4[nH]ncc34)ncc2n1. The van der Waals surface area contributed by atoms with Crippen LogP contribution in [-0.2, 0) is 0 Å². The van der Waals surface area contributed by atoms with E-state index < -0.39 is 11.7 Å². The molecule has 0 saturated carbocycles. The minimum absolute atomic E-state index is 0.336. The Kier molecular flexibility index (Phi) is 3.58. The van der Waals surface area contributed by atoms with Gasteiger partial charge in [-0.15, -0.1) is 0 Å². The second kappa shape index (κ2) is 5.81. The standard InChI is InChI=1S/C18H16FN7/c1-9(4-20)15-17(19)10(2)16(11-5-23-25-18(11)15)12-7-26-8-13(21-3)24-14(26)6-22-12/h5-9,21H,1-3H3,(H,23,25). The fourth-order valence-electron chi connectivity index (χ4n) is 3.25. The van der Waals surface area contributed by atoms with Crippen LogP contribution in [0, 0.1) is 24.1 Å². The van der Waals surface area contributed by atoms with E-state index in [0.717, 1.165) is 11.2 Å². The van der Waals surface area contributed by atoms with Crippen molar-refractivity contribution in [3.8, 4) is 17.3 Å². The normalized spacial score (nSPS) is 12.4. The molecule has 0 radical (unpaired) electrons. The van der Waals surface area contributed by atoms with Gasteiger partial charge in [0.15, 0.2) is 5.65 Å². The summed E-state index contributed by atoms with van der Waals surface area (Å²) in [5, 5.41) is 19.9. The van der Waals surface area contributed by atoms with Gasteiger partial charge in [0.1, 0.15) is 11.6 Å². The van der Waals surface area contributed by atoms with Crippen LogP contribution in [-0.4, -0.2) is 31.6 Å². The van der Waals surface area contributed by atoms with Crippen molar-refractivity contribution >= 4 is 22.4 Å². The third kappa shape index (κ3) is 2.21. The lowest BCUT2D eigenvalue weighted by atomic mass is 9.91. The van der Waals surface area contributed by atoms with E-state index in [4.69, 9.17) is 0 Å². The van der Waals surface area contributed by atoms with Crippen molar-refractivity contribution in [1.29, 1.82) is 5.26 Å². The highest BCUT2D eigenvalue weighted by molar-refractivity contribution is 5.97. The van der Waals surface area contributed by atoms with Crippen molar-refractivity contribution in [2.45, 2.75) is 19.8 Å². The summed E-state index contributed by atoms with van der Waals surface area (Å²) in [6.07, 6.45) is 6.93. The molecule has 0 aliphatic heterocycles. The van der Waals surface area contributed by atoms with E-state index in [1.54, 1.807) is 33.3 Å². The Balaban J connectivity index is 2.02. The number of fused-ring (bicyclic) bond motifs is 2. The first kappa shape index (κ1) is 16.0. The molecule has 0 aliphatic carbocycles. The molecule has 0 amide bonds. The predicted molar refractivity (Wildman–Crippen MR) is 96.3 cm³/mol. The van der Waals surface area contributed by atoms with Gasteiger partial charge in [0.05, 0.1) is 41.8 Å². The Morgan fingerprint density at radius 2 is 2.15 bits per heavy atom. The van der Waals surface area contributed by atoms with E-state index in [2.05, 4.69) is 31.6 Å². The highest BCUT2D eigenvalue weighted by atomic mass is 19.1. The molecule has 0 spiro atoms. The van der Waals surface area contributed by atoms with E-state index in [0.29, 0.717) is 33.5 Å². The summed E-state index contributed by atoms with van der Waals surface area (Å²) in [6, 6.07) is 2.10. The lowest BCUT2D eigenvalue weighted by molar-refractivity contribution is 0.600. The summed E-state index contributed by atoms with van der Waals surface area (Å²) >= 11 is 0. The zero-order chi connectivity index (χ0) is 18.4. The van der Waals surface area contributed by atoms with E-state index >= 15 is 4.39 Å². The molecule has 26 heavy (non-hydrogen) atoms. The third-order valence-corrected chi connectivity index (χ3v) is 4.60.